The molecule has 0 bridgehead atoms. The normalized spacial score (nSPS) is 16.8. The smallest absolute Gasteiger partial charge is 0.0898 e. The fourth-order valence-electron chi connectivity index (χ4n) is 1.69. The van der Waals surface area contributed by atoms with E-state index in [-0.39, 0.29) is 0 Å². The van der Waals surface area contributed by atoms with E-state index < -0.39 is 0 Å². The molecule has 1 rings (SSSR count). The molecule has 0 spiro atoms. The van der Waals surface area contributed by atoms with Gasteiger partial charge in [-0.3, -0.25) is 0 Å². The number of aryl methyl sites for hydroxylation is 1. The number of allylic oxidation sites excluding steroid dienone is 1. The average molecular weight is 238 g/mol. The van der Waals surface area contributed by atoms with Gasteiger partial charge in [0.15, 0.2) is 0 Å². The zero-order chi connectivity index (χ0) is 12.1. The van der Waals surface area contributed by atoms with Crippen LogP contribution in [-0.2, 0) is 0 Å². The summed E-state index contributed by atoms with van der Waals surface area (Å²) in [5.74, 6) is 0.611. The third-order valence-corrected chi connectivity index (χ3v) is 3.78. The van der Waals surface area contributed by atoms with Crippen molar-refractivity contribution in [3.63, 3.8) is 0 Å². The van der Waals surface area contributed by atoms with E-state index in [0.29, 0.717) is 18.0 Å². The van der Waals surface area contributed by atoms with Crippen molar-refractivity contribution in [1.29, 1.82) is 0 Å². The second-order valence-corrected chi connectivity index (χ2v) is 5.53. The van der Waals surface area contributed by atoms with Crippen LogP contribution in [-0.4, -0.2) is 11.0 Å². The molecular formula is C13H22N2S. The molecule has 1 aromatic rings. The number of hydrogen-bond acceptors (Lipinski definition) is 3. The van der Waals surface area contributed by atoms with Crippen LogP contribution in [0.25, 0.3) is 0 Å². The van der Waals surface area contributed by atoms with Gasteiger partial charge >= 0.3 is 0 Å². The molecule has 0 aromatic carbocycles. The topological polar surface area (TPSA) is 24.9 Å². The highest BCUT2D eigenvalue weighted by Gasteiger charge is 2.15. The van der Waals surface area contributed by atoms with Crippen LogP contribution in [0, 0.1) is 12.8 Å². The van der Waals surface area contributed by atoms with Gasteiger partial charge in [0.25, 0.3) is 0 Å². The standard InChI is InChI=1S/C13H22N2S/c1-6-7-9(2)10(3)14-11(4)13-8-16-12(5)15-13/h6,8-11,14H,1,7H2,2-5H3. The van der Waals surface area contributed by atoms with Crippen molar-refractivity contribution in [3.05, 3.63) is 28.7 Å². The van der Waals surface area contributed by atoms with Gasteiger partial charge in [-0.1, -0.05) is 13.0 Å². The Morgan fingerprint density at radius 3 is 2.69 bits per heavy atom. The maximum absolute atomic E-state index is 4.50. The molecule has 0 fully saturated rings. The Kier molecular flexibility index (Phi) is 5.16. The van der Waals surface area contributed by atoms with Gasteiger partial charge in [-0.05, 0) is 33.1 Å². The predicted molar refractivity (Wildman–Crippen MR) is 71.8 cm³/mol. The largest absolute Gasteiger partial charge is 0.306 e. The van der Waals surface area contributed by atoms with Crippen molar-refractivity contribution in [2.45, 2.75) is 46.2 Å². The van der Waals surface area contributed by atoms with Crippen LogP contribution in [0.5, 0.6) is 0 Å². The summed E-state index contributed by atoms with van der Waals surface area (Å²) in [6.45, 7) is 12.5. The van der Waals surface area contributed by atoms with E-state index in [1.807, 2.05) is 13.0 Å². The van der Waals surface area contributed by atoms with E-state index in [1.54, 1.807) is 11.3 Å². The van der Waals surface area contributed by atoms with Crippen LogP contribution >= 0.6 is 11.3 Å². The van der Waals surface area contributed by atoms with Gasteiger partial charge in [-0.15, -0.1) is 17.9 Å². The van der Waals surface area contributed by atoms with Crippen LogP contribution in [0.2, 0.25) is 0 Å². The Labute approximate surface area is 103 Å². The second kappa shape index (κ2) is 6.16. The summed E-state index contributed by atoms with van der Waals surface area (Å²) in [7, 11) is 0. The van der Waals surface area contributed by atoms with Crippen molar-refractivity contribution in [1.82, 2.24) is 10.3 Å². The first kappa shape index (κ1) is 13.4. The van der Waals surface area contributed by atoms with Crippen molar-refractivity contribution in [3.8, 4) is 0 Å². The van der Waals surface area contributed by atoms with Crippen LogP contribution in [0.1, 0.15) is 43.9 Å². The molecule has 1 heterocycles. The number of rotatable bonds is 6. The Morgan fingerprint density at radius 2 is 2.19 bits per heavy atom. The predicted octanol–water partition coefficient (Wildman–Crippen LogP) is 3.70. The Morgan fingerprint density at radius 1 is 1.50 bits per heavy atom. The van der Waals surface area contributed by atoms with E-state index in [1.165, 1.54) is 0 Å². The summed E-state index contributed by atoms with van der Waals surface area (Å²) in [5, 5.41) is 6.86. The highest BCUT2D eigenvalue weighted by molar-refractivity contribution is 7.09. The maximum atomic E-state index is 4.50. The fraction of sp³-hybridized carbons (Fsp3) is 0.615. The lowest BCUT2D eigenvalue weighted by Gasteiger charge is -2.23. The van der Waals surface area contributed by atoms with Gasteiger partial charge in [0.05, 0.1) is 10.7 Å². The SMILES string of the molecule is C=CCC(C)C(C)NC(C)c1csc(C)n1. The fourth-order valence-corrected chi connectivity index (χ4v) is 2.40. The minimum atomic E-state index is 0.326. The van der Waals surface area contributed by atoms with Crippen molar-refractivity contribution in [2.24, 2.45) is 5.92 Å². The third-order valence-electron chi connectivity index (χ3n) is 2.99. The lowest BCUT2D eigenvalue weighted by molar-refractivity contribution is 0.367. The van der Waals surface area contributed by atoms with Gasteiger partial charge in [0, 0.05) is 17.5 Å². The van der Waals surface area contributed by atoms with Gasteiger partial charge in [-0.2, -0.15) is 0 Å². The molecule has 0 saturated heterocycles. The molecule has 3 unspecified atom stereocenters. The number of nitrogens with zero attached hydrogens (tertiary/aromatic N) is 1. The minimum absolute atomic E-state index is 0.326. The molecule has 2 nitrogen and oxygen atoms in total. The van der Waals surface area contributed by atoms with E-state index >= 15 is 0 Å². The lowest BCUT2D eigenvalue weighted by atomic mass is 9.99. The average Bonchev–Trinajstić information content (AvgIpc) is 2.65. The summed E-state index contributed by atoms with van der Waals surface area (Å²) < 4.78 is 0. The Bertz CT molecular complexity index is 332. The summed E-state index contributed by atoms with van der Waals surface area (Å²) in [6.07, 6.45) is 3.04. The summed E-state index contributed by atoms with van der Waals surface area (Å²) in [5.41, 5.74) is 1.15. The zero-order valence-corrected chi connectivity index (χ0v) is 11.5. The quantitative estimate of drug-likeness (QED) is 0.764. The van der Waals surface area contributed by atoms with Crippen molar-refractivity contribution in [2.75, 3.05) is 0 Å². The van der Waals surface area contributed by atoms with E-state index in [0.717, 1.165) is 17.1 Å². The first-order valence-corrected chi connectivity index (χ1v) is 6.71. The molecule has 1 aromatic heterocycles. The van der Waals surface area contributed by atoms with Gasteiger partial charge in [0.2, 0.25) is 0 Å². The molecular weight excluding hydrogens is 216 g/mol. The molecule has 3 heteroatoms. The van der Waals surface area contributed by atoms with Crippen molar-refractivity contribution < 1.29 is 0 Å². The molecule has 90 valence electrons. The van der Waals surface area contributed by atoms with E-state index in [2.05, 4.69) is 43.0 Å². The van der Waals surface area contributed by atoms with Crippen LogP contribution in [0.4, 0.5) is 0 Å². The second-order valence-electron chi connectivity index (χ2n) is 4.47. The number of aromatic nitrogens is 1. The molecule has 0 radical (unpaired) electrons. The summed E-state index contributed by atoms with van der Waals surface area (Å²) in [4.78, 5) is 4.50. The zero-order valence-electron chi connectivity index (χ0n) is 10.7. The number of hydrogen-bond donors (Lipinski definition) is 1. The van der Waals surface area contributed by atoms with Crippen LogP contribution in [0.3, 0.4) is 0 Å². The molecule has 0 aliphatic rings. The van der Waals surface area contributed by atoms with E-state index in [9.17, 15) is 0 Å². The summed E-state index contributed by atoms with van der Waals surface area (Å²) in [6, 6.07) is 0.808. The molecule has 0 aliphatic carbocycles. The Balaban J connectivity index is 2.50. The number of thiazole rings is 1. The van der Waals surface area contributed by atoms with Gasteiger partial charge in [0.1, 0.15) is 0 Å². The molecule has 0 amide bonds. The first-order chi connectivity index (χ1) is 7.54. The van der Waals surface area contributed by atoms with Crippen LogP contribution < -0.4 is 5.32 Å². The minimum Gasteiger partial charge on any atom is -0.306 e. The molecule has 1 N–H and O–H groups in total. The number of nitrogens with one attached hydrogen (secondary N) is 1. The molecule has 16 heavy (non-hydrogen) atoms. The highest BCUT2D eigenvalue weighted by Crippen LogP contribution is 2.18. The Hall–Kier alpha value is -0.670. The summed E-state index contributed by atoms with van der Waals surface area (Å²) >= 11 is 1.71. The monoisotopic (exact) mass is 238 g/mol. The highest BCUT2D eigenvalue weighted by atomic mass is 32.1. The van der Waals surface area contributed by atoms with Gasteiger partial charge < -0.3 is 5.32 Å². The van der Waals surface area contributed by atoms with E-state index in [4.69, 9.17) is 0 Å². The lowest BCUT2D eigenvalue weighted by Crippen LogP contribution is -2.34. The van der Waals surface area contributed by atoms with Crippen molar-refractivity contribution >= 4 is 11.3 Å². The molecule has 0 aliphatic heterocycles. The maximum Gasteiger partial charge on any atom is 0.0898 e. The van der Waals surface area contributed by atoms with Crippen LogP contribution in [0.15, 0.2) is 18.0 Å². The first-order valence-electron chi connectivity index (χ1n) is 5.83. The molecule has 0 saturated carbocycles. The third kappa shape index (κ3) is 3.72. The molecule has 3 atom stereocenters. The van der Waals surface area contributed by atoms with Gasteiger partial charge in [-0.25, -0.2) is 4.98 Å².